The number of thiophene rings is 1. The summed E-state index contributed by atoms with van der Waals surface area (Å²) >= 11 is 1.91. The second-order valence-corrected chi connectivity index (χ2v) is 13.7. The maximum absolute atomic E-state index is 6.35. The summed E-state index contributed by atoms with van der Waals surface area (Å²) in [5.41, 5.74) is 13.0. The lowest BCUT2D eigenvalue weighted by molar-refractivity contribution is 0.669. The molecule has 0 bridgehead atoms. The molecule has 0 aliphatic rings. The third-order valence-electron chi connectivity index (χ3n) is 9.72. The predicted octanol–water partition coefficient (Wildman–Crippen LogP) is 13.0. The van der Waals surface area contributed by atoms with Crippen LogP contribution in [0.3, 0.4) is 0 Å². The Kier molecular flexibility index (Phi) is 5.61. The Morgan fingerprint density at radius 2 is 1.11 bits per heavy atom. The van der Waals surface area contributed by atoms with Crippen LogP contribution in [0.15, 0.2) is 144 Å². The molecule has 10 aromatic rings. The van der Waals surface area contributed by atoms with E-state index in [2.05, 4.69) is 152 Å². The van der Waals surface area contributed by atoms with Crippen molar-refractivity contribution in [3.05, 3.63) is 151 Å². The van der Waals surface area contributed by atoms with E-state index in [0.29, 0.717) is 0 Å². The number of fused-ring (bicyclic) bond motifs is 9. The molecule has 0 spiro atoms. The van der Waals surface area contributed by atoms with Gasteiger partial charge in [-0.3, -0.25) is 0 Å². The molecule has 0 aliphatic heterocycles. The highest BCUT2D eigenvalue weighted by Gasteiger charge is 2.22. The minimum atomic E-state index is 0.917. The molecule has 7 aromatic carbocycles. The summed E-state index contributed by atoms with van der Waals surface area (Å²) < 4.78 is 11.4. The first kappa shape index (κ1) is 26.6. The van der Waals surface area contributed by atoms with Crippen LogP contribution >= 0.6 is 11.3 Å². The molecule has 0 atom stereocenters. The van der Waals surface area contributed by atoms with Gasteiger partial charge in [0.05, 0.1) is 21.4 Å². The largest absolute Gasteiger partial charge is 0.456 e. The molecule has 3 heterocycles. The third kappa shape index (κ3) is 3.84. The van der Waals surface area contributed by atoms with E-state index in [1.165, 1.54) is 86.4 Å². The van der Waals surface area contributed by atoms with Crippen molar-refractivity contribution in [1.29, 1.82) is 0 Å². The topological polar surface area (TPSA) is 18.1 Å². The number of hydrogen-bond donors (Lipinski definition) is 0. The van der Waals surface area contributed by atoms with Gasteiger partial charge >= 0.3 is 0 Å². The number of aryl methyl sites for hydroxylation is 2. The first-order valence-electron chi connectivity index (χ1n) is 16.1. The zero-order chi connectivity index (χ0) is 31.2. The van der Waals surface area contributed by atoms with E-state index in [0.717, 1.165) is 16.6 Å². The summed E-state index contributed by atoms with van der Waals surface area (Å²) in [7, 11) is 0. The van der Waals surface area contributed by atoms with Gasteiger partial charge < -0.3 is 8.98 Å². The van der Waals surface area contributed by atoms with Gasteiger partial charge in [-0.25, -0.2) is 0 Å². The first-order valence-corrected chi connectivity index (χ1v) is 16.9. The van der Waals surface area contributed by atoms with Gasteiger partial charge in [0, 0.05) is 37.0 Å². The van der Waals surface area contributed by atoms with Crippen molar-refractivity contribution in [1.82, 2.24) is 4.57 Å². The Hall–Kier alpha value is -5.64. The summed E-state index contributed by atoms with van der Waals surface area (Å²) in [5, 5.41) is 7.47. The molecule has 0 N–H and O–H groups in total. The Bertz CT molecular complexity index is 2810. The SMILES string of the molecule is Cc1ccc2c(c1)c1cc(C)ccc1n2-c1cccc2c1sc1c(-c3ccccc3)ccc(-c3cccc4oc5ccccc5c34)c12. The molecule has 3 aromatic heterocycles. The smallest absolute Gasteiger partial charge is 0.136 e. The van der Waals surface area contributed by atoms with Crippen LogP contribution in [0.1, 0.15) is 11.1 Å². The molecule has 47 heavy (non-hydrogen) atoms. The average Bonchev–Trinajstić information content (AvgIpc) is 3.78. The lowest BCUT2D eigenvalue weighted by Crippen LogP contribution is -1.94. The zero-order valence-electron chi connectivity index (χ0n) is 26.0. The molecule has 0 fully saturated rings. The van der Waals surface area contributed by atoms with E-state index in [1.807, 2.05) is 17.4 Å². The van der Waals surface area contributed by atoms with Crippen molar-refractivity contribution in [2.24, 2.45) is 0 Å². The van der Waals surface area contributed by atoms with Crippen molar-refractivity contribution in [3.63, 3.8) is 0 Å². The highest BCUT2D eigenvalue weighted by atomic mass is 32.1. The Morgan fingerprint density at radius 1 is 0.468 bits per heavy atom. The normalized spacial score (nSPS) is 12.0. The number of furan rings is 1. The molecule has 0 saturated carbocycles. The second-order valence-electron chi connectivity index (χ2n) is 12.6. The van der Waals surface area contributed by atoms with Crippen LogP contribution in [0.2, 0.25) is 0 Å². The molecule has 222 valence electrons. The molecule has 0 amide bonds. The van der Waals surface area contributed by atoms with Crippen molar-refractivity contribution in [2.75, 3.05) is 0 Å². The van der Waals surface area contributed by atoms with Crippen molar-refractivity contribution < 1.29 is 4.42 Å². The van der Waals surface area contributed by atoms with Crippen LogP contribution in [0, 0.1) is 13.8 Å². The van der Waals surface area contributed by atoms with Crippen molar-refractivity contribution in [2.45, 2.75) is 13.8 Å². The average molecular weight is 620 g/mol. The summed E-state index contributed by atoms with van der Waals surface area (Å²) in [5.74, 6) is 0. The Labute approximate surface area is 275 Å². The number of aromatic nitrogens is 1. The van der Waals surface area contributed by atoms with Gasteiger partial charge in [-0.1, -0.05) is 108 Å². The number of hydrogen-bond acceptors (Lipinski definition) is 2. The van der Waals surface area contributed by atoms with Gasteiger partial charge in [-0.15, -0.1) is 11.3 Å². The summed E-state index contributed by atoms with van der Waals surface area (Å²) in [6, 6.07) is 50.8. The fraction of sp³-hybridized carbons (Fsp3) is 0.0455. The monoisotopic (exact) mass is 619 g/mol. The predicted molar refractivity (Wildman–Crippen MR) is 201 cm³/mol. The lowest BCUT2D eigenvalue weighted by atomic mass is 9.92. The van der Waals surface area contributed by atoms with Crippen LogP contribution in [0.4, 0.5) is 0 Å². The molecule has 0 radical (unpaired) electrons. The number of nitrogens with zero attached hydrogens (tertiary/aromatic N) is 1. The minimum Gasteiger partial charge on any atom is -0.456 e. The van der Waals surface area contributed by atoms with E-state index in [-0.39, 0.29) is 0 Å². The van der Waals surface area contributed by atoms with Gasteiger partial charge in [-0.2, -0.15) is 0 Å². The summed E-state index contributed by atoms with van der Waals surface area (Å²) in [4.78, 5) is 0. The van der Waals surface area contributed by atoms with Crippen molar-refractivity contribution in [3.8, 4) is 27.9 Å². The molecule has 10 rings (SSSR count). The van der Waals surface area contributed by atoms with Crippen LogP contribution < -0.4 is 0 Å². The molecule has 0 saturated heterocycles. The zero-order valence-corrected chi connectivity index (χ0v) is 26.9. The molecule has 0 unspecified atom stereocenters. The highest BCUT2D eigenvalue weighted by Crippen LogP contribution is 2.49. The van der Waals surface area contributed by atoms with Gasteiger partial charge in [0.1, 0.15) is 11.2 Å². The molecule has 2 nitrogen and oxygen atoms in total. The number of para-hydroxylation sites is 1. The van der Waals surface area contributed by atoms with Crippen molar-refractivity contribution >= 4 is 75.3 Å². The standard InChI is InChI=1S/C44H29NOS/c1-26-18-22-36-34(24-26)35-25-27(2)19-23-37(35)45(36)38-15-8-14-33-42-31(21-20-29(44(42)47-43(33)38)28-10-4-3-5-11-28)30-13-9-17-40-41(30)32-12-6-7-16-39(32)46-40/h3-25H,1-2H3. The van der Waals surface area contributed by atoms with Crippen LogP contribution in [0.5, 0.6) is 0 Å². The maximum atomic E-state index is 6.35. The van der Waals surface area contributed by atoms with Gasteiger partial charge in [0.25, 0.3) is 0 Å². The first-order chi connectivity index (χ1) is 23.1. The lowest BCUT2D eigenvalue weighted by Gasteiger charge is -2.11. The van der Waals surface area contributed by atoms with E-state index in [1.54, 1.807) is 0 Å². The Balaban J connectivity index is 1.36. The quantitative estimate of drug-likeness (QED) is 0.192. The summed E-state index contributed by atoms with van der Waals surface area (Å²) in [6.45, 7) is 4.36. The van der Waals surface area contributed by atoms with Crippen LogP contribution in [-0.4, -0.2) is 4.57 Å². The molecule has 3 heteroatoms. The second kappa shape index (κ2) is 9.93. The van der Waals surface area contributed by atoms with Gasteiger partial charge in [0.15, 0.2) is 0 Å². The van der Waals surface area contributed by atoms with E-state index < -0.39 is 0 Å². The number of benzene rings is 7. The van der Waals surface area contributed by atoms with E-state index in [4.69, 9.17) is 4.42 Å². The number of rotatable bonds is 3. The van der Waals surface area contributed by atoms with Crippen LogP contribution in [-0.2, 0) is 0 Å². The molecular weight excluding hydrogens is 591 g/mol. The summed E-state index contributed by atoms with van der Waals surface area (Å²) in [6.07, 6.45) is 0. The van der Waals surface area contributed by atoms with Gasteiger partial charge in [0.2, 0.25) is 0 Å². The highest BCUT2D eigenvalue weighted by molar-refractivity contribution is 7.27. The fourth-order valence-corrected chi connectivity index (χ4v) is 9.01. The third-order valence-corrected chi connectivity index (χ3v) is 11.0. The van der Waals surface area contributed by atoms with E-state index >= 15 is 0 Å². The van der Waals surface area contributed by atoms with E-state index in [9.17, 15) is 0 Å². The fourth-order valence-electron chi connectivity index (χ4n) is 7.64. The molecule has 0 aliphatic carbocycles. The maximum Gasteiger partial charge on any atom is 0.136 e. The minimum absolute atomic E-state index is 0.917. The molecular formula is C44H29NOS. The van der Waals surface area contributed by atoms with Gasteiger partial charge in [-0.05, 0) is 78.6 Å². The van der Waals surface area contributed by atoms with Crippen LogP contribution in [0.25, 0.3) is 91.9 Å². The Morgan fingerprint density at radius 3 is 1.89 bits per heavy atom.